The van der Waals surface area contributed by atoms with Gasteiger partial charge in [-0.2, -0.15) is 0 Å². The summed E-state index contributed by atoms with van der Waals surface area (Å²) >= 11 is 0. The Bertz CT molecular complexity index is 1370. The lowest BCUT2D eigenvalue weighted by atomic mass is 10.0. The van der Waals surface area contributed by atoms with Crippen LogP contribution in [0.25, 0.3) is 10.9 Å². The number of fused-ring (bicyclic) bond motifs is 1. The quantitative estimate of drug-likeness (QED) is 0.311. The van der Waals surface area contributed by atoms with Crippen molar-refractivity contribution < 1.29 is 27.9 Å². The van der Waals surface area contributed by atoms with Crippen LogP contribution in [-0.2, 0) is 27.3 Å². The summed E-state index contributed by atoms with van der Waals surface area (Å²) in [5.74, 6) is -2.82. The Morgan fingerprint density at radius 2 is 1.56 bits per heavy atom. The number of nitrogens with one attached hydrogen (secondary N) is 3. The topological polar surface area (TPSA) is 100 Å². The molecule has 0 saturated heterocycles. The number of H-pyrrole nitrogens is 1. The Balaban J connectivity index is 1.42. The molecule has 1 aromatic heterocycles. The first kappa shape index (κ1) is 24.6. The van der Waals surface area contributed by atoms with Crippen LogP contribution in [0.3, 0.4) is 0 Å². The van der Waals surface area contributed by atoms with E-state index in [2.05, 4.69) is 15.6 Å². The van der Waals surface area contributed by atoms with Crippen molar-refractivity contribution in [3.63, 3.8) is 0 Å². The van der Waals surface area contributed by atoms with Crippen LogP contribution in [0.2, 0.25) is 0 Å². The van der Waals surface area contributed by atoms with Crippen LogP contribution in [0.5, 0.6) is 0 Å². The number of carbonyl (C=O) groups is 3. The Kier molecular flexibility index (Phi) is 7.69. The highest BCUT2D eigenvalue weighted by Crippen LogP contribution is 2.19. The third-order valence-electron chi connectivity index (χ3n) is 5.54. The molecule has 4 rings (SSSR count). The number of hydrogen-bond donors (Lipinski definition) is 3. The molecule has 9 heteroatoms. The number of rotatable bonds is 9. The highest BCUT2D eigenvalue weighted by atomic mass is 19.1. The van der Waals surface area contributed by atoms with Gasteiger partial charge in [-0.1, -0.05) is 30.3 Å². The van der Waals surface area contributed by atoms with Crippen molar-refractivity contribution in [2.45, 2.75) is 19.0 Å². The van der Waals surface area contributed by atoms with Crippen LogP contribution in [-0.4, -0.2) is 35.4 Å². The average Bonchev–Trinajstić information content (AvgIpc) is 3.29. The molecule has 184 valence electrons. The van der Waals surface area contributed by atoms with Crippen molar-refractivity contribution in [2.24, 2.45) is 0 Å². The van der Waals surface area contributed by atoms with E-state index in [1.165, 1.54) is 36.4 Å². The van der Waals surface area contributed by atoms with E-state index in [-0.39, 0.29) is 24.3 Å². The molecule has 0 fully saturated rings. The second kappa shape index (κ2) is 11.3. The summed E-state index contributed by atoms with van der Waals surface area (Å²) in [7, 11) is 0. The molecule has 1 atom stereocenters. The maximum Gasteiger partial charge on any atom is 0.329 e. The highest BCUT2D eigenvalue weighted by molar-refractivity contribution is 5.97. The Hall–Kier alpha value is -4.53. The monoisotopic (exact) mass is 491 g/mol. The second-order valence-corrected chi connectivity index (χ2v) is 8.11. The van der Waals surface area contributed by atoms with Crippen LogP contribution in [0.1, 0.15) is 21.5 Å². The van der Waals surface area contributed by atoms with Gasteiger partial charge in [0.15, 0.2) is 6.61 Å². The Morgan fingerprint density at radius 1 is 0.889 bits per heavy atom. The fourth-order valence-corrected chi connectivity index (χ4v) is 3.65. The molecule has 7 nitrogen and oxygen atoms in total. The summed E-state index contributed by atoms with van der Waals surface area (Å²) in [6.45, 7) is -0.423. The van der Waals surface area contributed by atoms with Crippen LogP contribution in [0.4, 0.5) is 8.78 Å². The number of aromatic nitrogens is 1. The normalized spacial score (nSPS) is 11.6. The lowest BCUT2D eigenvalue weighted by Crippen LogP contribution is -2.44. The van der Waals surface area contributed by atoms with Crippen molar-refractivity contribution in [3.05, 3.63) is 107 Å². The number of halogens is 2. The van der Waals surface area contributed by atoms with E-state index in [0.29, 0.717) is 5.56 Å². The predicted octanol–water partition coefficient (Wildman–Crippen LogP) is 3.65. The van der Waals surface area contributed by atoms with E-state index >= 15 is 0 Å². The van der Waals surface area contributed by atoms with Gasteiger partial charge in [-0.3, -0.25) is 9.59 Å². The van der Waals surface area contributed by atoms with Gasteiger partial charge in [0.1, 0.15) is 17.7 Å². The van der Waals surface area contributed by atoms with Crippen LogP contribution in [0, 0.1) is 11.6 Å². The SMILES string of the molecule is O=C(COC(=O)[C@H](Cc1c[nH]c2ccccc12)NC(=O)c1ccc(F)cc1)NCc1ccc(F)cc1. The lowest BCUT2D eigenvalue weighted by molar-refractivity contribution is -0.150. The molecule has 0 unspecified atom stereocenters. The number of esters is 1. The molecular formula is C27H23F2N3O4. The number of amides is 2. The number of para-hydroxylation sites is 1. The summed E-state index contributed by atoms with van der Waals surface area (Å²) in [5, 5.41) is 6.09. The van der Waals surface area contributed by atoms with E-state index in [1.807, 2.05) is 24.3 Å². The number of aromatic amines is 1. The van der Waals surface area contributed by atoms with Gasteiger partial charge in [0.2, 0.25) is 0 Å². The van der Waals surface area contributed by atoms with Gasteiger partial charge in [-0.25, -0.2) is 13.6 Å². The number of carbonyl (C=O) groups excluding carboxylic acids is 3. The molecule has 36 heavy (non-hydrogen) atoms. The average molecular weight is 491 g/mol. The van der Waals surface area contributed by atoms with Crippen molar-refractivity contribution in [2.75, 3.05) is 6.61 Å². The van der Waals surface area contributed by atoms with Crippen LogP contribution >= 0.6 is 0 Å². The molecule has 3 aromatic carbocycles. The minimum absolute atomic E-state index is 0.104. The van der Waals surface area contributed by atoms with E-state index in [9.17, 15) is 23.2 Å². The summed E-state index contributed by atoms with van der Waals surface area (Å²) in [6, 6.07) is 16.9. The maximum atomic E-state index is 13.2. The van der Waals surface area contributed by atoms with Gasteiger partial charge >= 0.3 is 5.97 Å². The van der Waals surface area contributed by atoms with Gasteiger partial charge in [0.25, 0.3) is 11.8 Å². The first-order valence-electron chi connectivity index (χ1n) is 11.2. The van der Waals surface area contributed by atoms with Crippen molar-refractivity contribution in [1.29, 1.82) is 0 Å². The first-order chi connectivity index (χ1) is 17.4. The third kappa shape index (κ3) is 6.32. The van der Waals surface area contributed by atoms with E-state index in [4.69, 9.17) is 4.74 Å². The molecule has 0 bridgehead atoms. The zero-order valence-electron chi connectivity index (χ0n) is 19.1. The number of benzene rings is 3. The lowest BCUT2D eigenvalue weighted by Gasteiger charge is -2.18. The number of ether oxygens (including phenoxy) is 1. The molecule has 0 radical (unpaired) electrons. The van der Waals surface area contributed by atoms with Crippen LogP contribution < -0.4 is 10.6 Å². The zero-order valence-corrected chi connectivity index (χ0v) is 19.1. The van der Waals surface area contributed by atoms with E-state index in [0.717, 1.165) is 28.6 Å². The molecular weight excluding hydrogens is 468 g/mol. The maximum absolute atomic E-state index is 13.2. The molecule has 0 aliphatic carbocycles. The van der Waals surface area contributed by atoms with Crippen molar-refractivity contribution in [1.82, 2.24) is 15.6 Å². The summed E-state index contributed by atoms with van der Waals surface area (Å²) in [5.41, 5.74) is 2.49. The molecule has 0 saturated carbocycles. The standard InChI is InChI=1S/C27H23F2N3O4/c28-20-9-5-17(6-10-20)14-31-25(33)16-36-27(35)24(32-26(34)18-7-11-21(29)12-8-18)13-19-15-30-23-4-2-1-3-22(19)23/h1-12,15,24,30H,13-14,16H2,(H,31,33)(H,32,34)/t24-/m0/s1. The predicted molar refractivity (Wildman–Crippen MR) is 129 cm³/mol. The fraction of sp³-hybridized carbons (Fsp3) is 0.148. The molecule has 4 aromatic rings. The largest absolute Gasteiger partial charge is 0.454 e. The van der Waals surface area contributed by atoms with E-state index < -0.39 is 36.2 Å². The van der Waals surface area contributed by atoms with Gasteiger partial charge in [-0.05, 0) is 53.6 Å². The van der Waals surface area contributed by atoms with Gasteiger partial charge in [-0.15, -0.1) is 0 Å². The van der Waals surface area contributed by atoms with Crippen LogP contribution in [0.15, 0.2) is 79.0 Å². The highest BCUT2D eigenvalue weighted by Gasteiger charge is 2.25. The number of hydrogen-bond acceptors (Lipinski definition) is 4. The summed E-state index contributed by atoms with van der Waals surface area (Å²) in [6.07, 6.45) is 1.84. The molecule has 0 aliphatic rings. The van der Waals surface area contributed by atoms with Gasteiger partial charge < -0.3 is 20.4 Å². The zero-order chi connectivity index (χ0) is 25.5. The summed E-state index contributed by atoms with van der Waals surface area (Å²) in [4.78, 5) is 40.9. The third-order valence-corrected chi connectivity index (χ3v) is 5.54. The minimum atomic E-state index is -1.10. The molecule has 0 spiro atoms. The second-order valence-electron chi connectivity index (χ2n) is 8.11. The minimum Gasteiger partial charge on any atom is -0.454 e. The molecule has 0 aliphatic heterocycles. The molecule has 3 N–H and O–H groups in total. The smallest absolute Gasteiger partial charge is 0.329 e. The summed E-state index contributed by atoms with van der Waals surface area (Å²) < 4.78 is 31.5. The van der Waals surface area contributed by atoms with Gasteiger partial charge in [0.05, 0.1) is 0 Å². The van der Waals surface area contributed by atoms with Crippen molar-refractivity contribution >= 4 is 28.7 Å². The molecule has 2 amide bonds. The Morgan fingerprint density at radius 3 is 2.28 bits per heavy atom. The van der Waals surface area contributed by atoms with Gasteiger partial charge in [0, 0.05) is 35.6 Å². The van der Waals surface area contributed by atoms with E-state index in [1.54, 1.807) is 6.20 Å². The molecule has 1 heterocycles. The van der Waals surface area contributed by atoms with Crippen molar-refractivity contribution in [3.8, 4) is 0 Å². The fourth-order valence-electron chi connectivity index (χ4n) is 3.65. The first-order valence-corrected chi connectivity index (χ1v) is 11.2. The Labute approximate surface area is 205 Å².